The van der Waals surface area contributed by atoms with E-state index in [2.05, 4.69) is 49.1 Å². The minimum absolute atomic E-state index is 0.0846. The first-order chi connectivity index (χ1) is 15.2. The Morgan fingerprint density at radius 1 is 1.10 bits per heavy atom. The van der Waals surface area contributed by atoms with Crippen LogP contribution in [0.4, 0.5) is 0 Å². The summed E-state index contributed by atoms with van der Waals surface area (Å²) in [5, 5.41) is 0. The van der Waals surface area contributed by atoms with Crippen LogP contribution in [-0.2, 0) is 19.5 Å². The number of methoxy groups -OCH3 is 1. The highest BCUT2D eigenvalue weighted by Gasteiger charge is 2.22. The van der Waals surface area contributed by atoms with Gasteiger partial charge < -0.3 is 9.72 Å². The van der Waals surface area contributed by atoms with Gasteiger partial charge in [-0.15, -0.1) is 11.3 Å². The number of ether oxygens (including phenoxy) is 1. The SMILES string of the molecule is COc1ccc(-c2ccc(CN3CCc4nc(-c5cncnc5)[nH]c(=O)c4C3)s2)cc1. The number of nitrogens with one attached hydrogen (secondary N) is 1. The van der Waals surface area contributed by atoms with Crippen LogP contribution in [-0.4, -0.2) is 38.5 Å². The summed E-state index contributed by atoms with van der Waals surface area (Å²) in [6.45, 7) is 2.27. The number of fused-ring (bicyclic) bond motifs is 1. The van der Waals surface area contributed by atoms with E-state index in [9.17, 15) is 4.79 Å². The van der Waals surface area contributed by atoms with Crippen molar-refractivity contribution in [1.29, 1.82) is 0 Å². The average Bonchev–Trinajstić information content (AvgIpc) is 3.28. The number of nitrogens with zero attached hydrogens (tertiary/aromatic N) is 4. The Bertz CT molecular complexity index is 1250. The Hall–Kier alpha value is -3.36. The van der Waals surface area contributed by atoms with Gasteiger partial charge in [0.1, 0.15) is 17.9 Å². The molecule has 0 amide bonds. The molecule has 3 aromatic heterocycles. The molecule has 4 heterocycles. The van der Waals surface area contributed by atoms with Crippen molar-refractivity contribution in [3.63, 3.8) is 0 Å². The Kier molecular flexibility index (Phi) is 5.31. The number of hydrogen-bond acceptors (Lipinski definition) is 7. The first kappa shape index (κ1) is 19.6. The van der Waals surface area contributed by atoms with Crippen LogP contribution in [0.3, 0.4) is 0 Å². The van der Waals surface area contributed by atoms with E-state index in [1.54, 1.807) is 30.8 Å². The maximum absolute atomic E-state index is 12.7. The van der Waals surface area contributed by atoms with Gasteiger partial charge in [0.25, 0.3) is 5.56 Å². The fourth-order valence-electron chi connectivity index (χ4n) is 3.77. The van der Waals surface area contributed by atoms with Crippen LogP contribution in [0, 0.1) is 0 Å². The predicted molar refractivity (Wildman–Crippen MR) is 120 cm³/mol. The lowest BCUT2D eigenvalue weighted by atomic mass is 10.1. The highest BCUT2D eigenvalue weighted by Crippen LogP contribution is 2.31. The molecule has 0 radical (unpaired) electrons. The molecule has 156 valence electrons. The zero-order valence-electron chi connectivity index (χ0n) is 17.0. The molecular formula is C23H21N5O2S. The third-order valence-electron chi connectivity index (χ3n) is 5.40. The third kappa shape index (κ3) is 4.12. The summed E-state index contributed by atoms with van der Waals surface area (Å²) in [6, 6.07) is 12.4. The molecule has 1 aliphatic rings. The fourth-order valence-corrected chi connectivity index (χ4v) is 4.82. The molecule has 1 N–H and O–H groups in total. The van der Waals surface area contributed by atoms with Crippen molar-refractivity contribution in [2.24, 2.45) is 0 Å². The molecule has 0 bridgehead atoms. The maximum Gasteiger partial charge on any atom is 0.255 e. The van der Waals surface area contributed by atoms with Crippen molar-refractivity contribution >= 4 is 11.3 Å². The standard InChI is InChI=1S/C23H21N5O2S/c1-30-17-4-2-15(3-5-17)21-7-6-18(31-21)12-28-9-8-20-19(13-28)23(29)27-22(26-20)16-10-24-14-25-11-16/h2-7,10-11,14H,8-9,12-13H2,1H3,(H,26,27,29). The monoisotopic (exact) mass is 431 g/mol. The van der Waals surface area contributed by atoms with Gasteiger partial charge in [0.2, 0.25) is 0 Å². The Morgan fingerprint density at radius 3 is 2.68 bits per heavy atom. The van der Waals surface area contributed by atoms with E-state index < -0.39 is 0 Å². The minimum atomic E-state index is -0.0846. The van der Waals surface area contributed by atoms with E-state index in [0.29, 0.717) is 12.4 Å². The first-order valence-corrected chi connectivity index (χ1v) is 10.8. The zero-order valence-corrected chi connectivity index (χ0v) is 17.9. The molecule has 0 spiro atoms. The number of hydrogen-bond donors (Lipinski definition) is 1. The maximum atomic E-state index is 12.7. The van der Waals surface area contributed by atoms with E-state index >= 15 is 0 Å². The number of aromatic nitrogens is 4. The van der Waals surface area contributed by atoms with Crippen molar-refractivity contribution in [3.8, 4) is 27.6 Å². The molecule has 0 saturated carbocycles. The van der Waals surface area contributed by atoms with Gasteiger partial charge in [0.15, 0.2) is 0 Å². The van der Waals surface area contributed by atoms with Crippen molar-refractivity contribution in [3.05, 3.63) is 81.6 Å². The van der Waals surface area contributed by atoms with Gasteiger partial charge in [0.05, 0.1) is 23.9 Å². The van der Waals surface area contributed by atoms with Gasteiger partial charge in [-0.25, -0.2) is 15.0 Å². The molecule has 0 unspecified atom stereocenters. The molecule has 0 atom stereocenters. The zero-order chi connectivity index (χ0) is 21.2. The van der Waals surface area contributed by atoms with Crippen LogP contribution < -0.4 is 10.3 Å². The Morgan fingerprint density at radius 2 is 1.90 bits per heavy atom. The fraction of sp³-hybridized carbons (Fsp3) is 0.217. The lowest BCUT2D eigenvalue weighted by Crippen LogP contribution is -2.35. The van der Waals surface area contributed by atoms with Gasteiger partial charge in [-0.1, -0.05) is 0 Å². The molecular weight excluding hydrogens is 410 g/mol. The normalized spacial score (nSPS) is 13.7. The number of benzene rings is 1. The summed E-state index contributed by atoms with van der Waals surface area (Å²) in [5.74, 6) is 1.38. The summed E-state index contributed by atoms with van der Waals surface area (Å²) in [5.41, 5.74) is 3.43. The first-order valence-electron chi connectivity index (χ1n) is 10.0. The van der Waals surface area contributed by atoms with Crippen molar-refractivity contribution in [2.45, 2.75) is 19.5 Å². The summed E-state index contributed by atoms with van der Waals surface area (Å²) in [4.78, 5) is 33.1. The second kappa shape index (κ2) is 8.41. The average molecular weight is 432 g/mol. The van der Waals surface area contributed by atoms with Crippen LogP contribution in [0.5, 0.6) is 5.75 Å². The predicted octanol–water partition coefficient (Wildman–Crippen LogP) is 3.52. The summed E-state index contributed by atoms with van der Waals surface area (Å²) < 4.78 is 5.24. The molecule has 1 aliphatic heterocycles. The Labute approximate surface area is 183 Å². The molecule has 31 heavy (non-hydrogen) atoms. The second-order valence-electron chi connectivity index (χ2n) is 7.42. The highest BCUT2D eigenvalue weighted by atomic mass is 32.1. The second-order valence-corrected chi connectivity index (χ2v) is 8.59. The summed E-state index contributed by atoms with van der Waals surface area (Å²) in [7, 11) is 1.67. The molecule has 0 aliphatic carbocycles. The van der Waals surface area contributed by atoms with Gasteiger partial charge in [-0.2, -0.15) is 0 Å². The molecule has 1 aromatic carbocycles. The lowest BCUT2D eigenvalue weighted by molar-refractivity contribution is 0.244. The highest BCUT2D eigenvalue weighted by molar-refractivity contribution is 7.15. The topological polar surface area (TPSA) is 84.0 Å². The molecule has 8 heteroatoms. The number of aromatic amines is 1. The quantitative estimate of drug-likeness (QED) is 0.521. The van der Waals surface area contributed by atoms with Crippen molar-refractivity contribution in [1.82, 2.24) is 24.8 Å². The molecule has 5 rings (SSSR count). The van der Waals surface area contributed by atoms with E-state index in [1.807, 2.05) is 12.1 Å². The van der Waals surface area contributed by atoms with E-state index in [4.69, 9.17) is 4.74 Å². The molecule has 0 saturated heterocycles. The summed E-state index contributed by atoms with van der Waals surface area (Å²) in [6.07, 6.45) is 5.52. The van der Waals surface area contributed by atoms with E-state index in [1.165, 1.54) is 21.6 Å². The molecule has 4 aromatic rings. The van der Waals surface area contributed by atoms with Crippen LogP contribution >= 0.6 is 11.3 Å². The van der Waals surface area contributed by atoms with Gasteiger partial charge in [0, 0.05) is 48.2 Å². The number of thiophene rings is 1. The minimum Gasteiger partial charge on any atom is -0.497 e. The van der Waals surface area contributed by atoms with Gasteiger partial charge in [-0.3, -0.25) is 9.69 Å². The molecule has 7 nitrogen and oxygen atoms in total. The van der Waals surface area contributed by atoms with E-state index in [0.717, 1.165) is 42.1 Å². The number of rotatable bonds is 5. The van der Waals surface area contributed by atoms with Crippen molar-refractivity contribution < 1.29 is 4.74 Å². The third-order valence-corrected chi connectivity index (χ3v) is 6.52. The smallest absolute Gasteiger partial charge is 0.255 e. The number of H-pyrrole nitrogens is 1. The van der Waals surface area contributed by atoms with Crippen molar-refractivity contribution in [2.75, 3.05) is 13.7 Å². The van der Waals surface area contributed by atoms with Crippen LogP contribution in [0.15, 0.2) is 59.9 Å². The lowest BCUT2D eigenvalue weighted by Gasteiger charge is -2.27. The van der Waals surface area contributed by atoms with Crippen LogP contribution in [0.1, 0.15) is 16.1 Å². The van der Waals surface area contributed by atoms with Gasteiger partial charge >= 0.3 is 0 Å². The molecule has 0 fully saturated rings. The summed E-state index contributed by atoms with van der Waals surface area (Å²) >= 11 is 1.78. The van der Waals surface area contributed by atoms with Crippen LogP contribution in [0.25, 0.3) is 21.8 Å². The largest absolute Gasteiger partial charge is 0.497 e. The van der Waals surface area contributed by atoms with Crippen LogP contribution in [0.2, 0.25) is 0 Å². The van der Waals surface area contributed by atoms with Gasteiger partial charge in [-0.05, 0) is 42.0 Å². The Balaban J connectivity index is 1.31. The van der Waals surface area contributed by atoms with E-state index in [-0.39, 0.29) is 5.56 Å².